The fourth-order valence-corrected chi connectivity index (χ4v) is 2.56. The first kappa shape index (κ1) is 12.6. The predicted octanol–water partition coefficient (Wildman–Crippen LogP) is 3.71. The molecule has 0 spiro atoms. The molecule has 1 aromatic heterocycles. The Kier molecular flexibility index (Phi) is 3.29. The van der Waals surface area contributed by atoms with Gasteiger partial charge in [-0.15, -0.1) is 0 Å². The van der Waals surface area contributed by atoms with Crippen molar-refractivity contribution in [3.63, 3.8) is 0 Å². The molecule has 1 unspecified atom stereocenters. The van der Waals surface area contributed by atoms with Gasteiger partial charge in [-0.25, -0.2) is 0 Å². The molecule has 19 heavy (non-hydrogen) atoms. The van der Waals surface area contributed by atoms with Crippen molar-refractivity contribution < 1.29 is 9.84 Å². The second-order valence-electron chi connectivity index (χ2n) is 4.80. The Morgan fingerprint density at radius 3 is 2.89 bits per heavy atom. The molecule has 2 heterocycles. The highest BCUT2D eigenvalue weighted by Gasteiger charge is 2.28. The third-order valence-electron chi connectivity index (χ3n) is 3.31. The lowest BCUT2D eigenvalue weighted by atomic mass is 9.96. The van der Waals surface area contributed by atoms with E-state index in [9.17, 15) is 5.11 Å². The second-order valence-corrected chi connectivity index (χ2v) is 5.72. The molecule has 98 valence electrons. The zero-order chi connectivity index (χ0) is 13.4. The summed E-state index contributed by atoms with van der Waals surface area (Å²) < 4.78 is 6.88. The predicted molar refractivity (Wildman–Crippen MR) is 76.1 cm³/mol. The number of rotatable bonds is 1. The minimum Gasteiger partial charge on any atom is -0.484 e. The Balaban J connectivity index is 1.92. The van der Waals surface area contributed by atoms with Gasteiger partial charge in [-0.3, -0.25) is 4.98 Å². The van der Waals surface area contributed by atoms with Crippen LogP contribution in [0.25, 0.3) is 0 Å². The van der Waals surface area contributed by atoms with Gasteiger partial charge in [0, 0.05) is 22.7 Å². The van der Waals surface area contributed by atoms with Crippen LogP contribution in [0.5, 0.6) is 5.75 Å². The number of pyridine rings is 1. The molecule has 4 heteroatoms. The molecular weight excluding hydrogens is 306 g/mol. The molecule has 1 aromatic carbocycles. The molecule has 1 aliphatic heterocycles. The van der Waals surface area contributed by atoms with Gasteiger partial charge < -0.3 is 9.84 Å². The lowest BCUT2D eigenvalue weighted by Gasteiger charge is -2.29. The number of aliphatic hydroxyl groups is 1. The number of aromatic nitrogens is 1. The smallest absolute Gasteiger partial charge is 0.143 e. The molecular formula is C15H14BrNO2. The monoisotopic (exact) mass is 319 g/mol. The number of ether oxygens (including phenoxy) is 1. The Morgan fingerprint density at radius 1 is 1.32 bits per heavy atom. The van der Waals surface area contributed by atoms with E-state index in [0.29, 0.717) is 6.42 Å². The highest BCUT2D eigenvalue weighted by Crippen LogP contribution is 2.40. The Morgan fingerprint density at radius 2 is 2.16 bits per heavy atom. The average molecular weight is 320 g/mol. The molecule has 0 bridgehead atoms. The van der Waals surface area contributed by atoms with E-state index in [0.717, 1.165) is 27.0 Å². The van der Waals surface area contributed by atoms with Crippen LogP contribution in [0.4, 0.5) is 0 Å². The van der Waals surface area contributed by atoms with Crippen LogP contribution in [-0.4, -0.2) is 10.1 Å². The molecule has 0 saturated carbocycles. The highest BCUT2D eigenvalue weighted by molar-refractivity contribution is 9.10. The molecule has 0 fully saturated rings. The number of hydrogen-bond acceptors (Lipinski definition) is 3. The zero-order valence-corrected chi connectivity index (χ0v) is 12.1. The van der Waals surface area contributed by atoms with Crippen molar-refractivity contribution >= 4 is 15.9 Å². The SMILES string of the molecule is Cc1ccc2c(c1)[C@H](O)CC(c1ccc(Br)cn1)O2. The van der Waals surface area contributed by atoms with Crippen LogP contribution in [0.3, 0.4) is 0 Å². The van der Waals surface area contributed by atoms with Crippen molar-refractivity contribution in [1.29, 1.82) is 0 Å². The molecule has 0 amide bonds. The lowest BCUT2D eigenvalue weighted by Crippen LogP contribution is -2.19. The van der Waals surface area contributed by atoms with Crippen molar-refractivity contribution in [1.82, 2.24) is 4.98 Å². The van der Waals surface area contributed by atoms with Crippen molar-refractivity contribution in [2.45, 2.75) is 25.6 Å². The van der Waals surface area contributed by atoms with Crippen molar-refractivity contribution in [2.75, 3.05) is 0 Å². The summed E-state index contributed by atoms with van der Waals surface area (Å²) in [5.41, 5.74) is 2.84. The summed E-state index contributed by atoms with van der Waals surface area (Å²) in [6.45, 7) is 2.01. The van der Waals surface area contributed by atoms with E-state index in [4.69, 9.17) is 4.74 Å². The quantitative estimate of drug-likeness (QED) is 0.871. The van der Waals surface area contributed by atoms with Crippen molar-refractivity contribution in [3.05, 3.63) is 57.8 Å². The maximum absolute atomic E-state index is 10.3. The third-order valence-corrected chi connectivity index (χ3v) is 3.78. The van der Waals surface area contributed by atoms with Crippen LogP contribution in [0.1, 0.15) is 35.4 Å². The van der Waals surface area contributed by atoms with E-state index in [1.54, 1.807) is 6.20 Å². The first-order valence-corrected chi connectivity index (χ1v) is 6.99. The first-order valence-electron chi connectivity index (χ1n) is 6.20. The van der Waals surface area contributed by atoms with E-state index in [1.807, 2.05) is 37.3 Å². The summed E-state index contributed by atoms with van der Waals surface area (Å²) >= 11 is 3.36. The van der Waals surface area contributed by atoms with Gasteiger partial charge in [-0.05, 0) is 47.1 Å². The van der Waals surface area contributed by atoms with E-state index in [1.165, 1.54) is 0 Å². The largest absolute Gasteiger partial charge is 0.484 e. The summed E-state index contributed by atoms with van der Waals surface area (Å²) in [7, 11) is 0. The van der Waals surface area contributed by atoms with Crippen LogP contribution < -0.4 is 4.74 Å². The number of fused-ring (bicyclic) bond motifs is 1. The molecule has 3 rings (SSSR count). The number of hydrogen-bond donors (Lipinski definition) is 1. The van der Waals surface area contributed by atoms with Crippen molar-refractivity contribution in [2.24, 2.45) is 0 Å². The molecule has 3 nitrogen and oxygen atoms in total. The van der Waals surface area contributed by atoms with Crippen LogP contribution in [-0.2, 0) is 0 Å². The molecule has 0 saturated heterocycles. The summed E-state index contributed by atoms with van der Waals surface area (Å²) in [4.78, 5) is 4.34. The minimum absolute atomic E-state index is 0.196. The van der Waals surface area contributed by atoms with Crippen LogP contribution in [0, 0.1) is 6.92 Å². The standard InChI is InChI=1S/C15H14BrNO2/c1-9-2-5-14-11(6-9)13(18)7-15(19-14)12-4-3-10(16)8-17-12/h2-6,8,13,15,18H,7H2,1H3/t13-,15?/m1/s1. The Labute approximate surface area is 120 Å². The Hall–Kier alpha value is -1.39. The van der Waals surface area contributed by atoms with E-state index < -0.39 is 6.10 Å². The highest BCUT2D eigenvalue weighted by atomic mass is 79.9. The number of benzene rings is 1. The van der Waals surface area contributed by atoms with Gasteiger partial charge in [0.1, 0.15) is 11.9 Å². The van der Waals surface area contributed by atoms with E-state index in [2.05, 4.69) is 20.9 Å². The maximum Gasteiger partial charge on any atom is 0.143 e. The summed E-state index contributed by atoms with van der Waals surface area (Å²) in [5, 5.41) is 10.3. The Bertz CT molecular complexity index is 598. The lowest BCUT2D eigenvalue weighted by molar-refractivity contribution is 0.0636. The maximum atomic E-state index is 10.3. The first-order chi connectivity index (χ1) is 9.13. The zero-order valence-electron chi connectivity index (χ0n) is 10.5. The third kappa shape index (κ3) is 2.51. The molecule has 1 N–H and O–H groups in total. The molecule has 0 aliphatic carbocycles. The summed E-state index contributed by atoms with van der Waals surface area (Å²) in [6.07, 6.45) is 1.58. The van der Waals surface area contributed by atoms with Crippen LogP contribution >= 0.6 is 15.9 Å². The molecule has 0 radical (unpaired) electrons. The fraction of sp³-hybridized carbons (Fsp3) is 0.267. The molecule has 2 atom stereocenters. The normalized spacial score (nSPS) is 21.6. The van der Waals surface area contributed by atoms with Crippen molar-refractivity contribution in [3.8, 4) is 5.75 Å². The van der Waals surface area contributed by atoms with Crippen LogP contribution in [0.2, 0.25) is 0 Å². The fourth-order valence-electron chi connectivity index (χ4n) is 2.33. The van der Waals surface area contributed by atoms with E-state index >= 15 is 0 Å². The van der Waals surface area contributed by atoms with Gasteiger partial charge in [-0.2, -0.15) is 0 Å². The van der Waals surface area contributed by atoms with E-state index in [-0.39, 0.29) is 6.10 Å². The summed E-state index contributed by atoms with van der Waals surface area (Å²) in [6, 6.07) is 9.73. The average Bonchev–Trinajstić information content (AvgIpc) is 2.40. The van der Waals surface area contributed by atoms with Gasteiger partial charge in [0.15, 0.2) is 0 Å². The van der Waals surface area contributed by atoms with Gasteiger partial charge >= 0.3 is 0 Å². The number of nitrogens with zero attached hydrogens (tertiary/aromatic N) is 1. The second kappa shape index (κ2) is 4.94. The molecule has 2 aromatic rings. The number of aliphatic hydroxyl groups excluding tert-OH is 1. The number of halogens is 1. The topological polar surface area (TPSA) is 42.4 Å². The van der Waals surface area contributed by atoms with Gasteiger partial charge in [-0.1, -0.05) is 11.6 Å². The van der Waals surface area contributed by atoms with Gasteiger partial charge in [0.05, 0.1) is 11.8 Å². The number of aryl methyl sites for hydroxylation is 1. The minimum atomic E-state index is -0.501. The van der Waals surface area contributed by atoms with Gasteiger partial charge in [0.2, 0.25) is 0 Å². The molecule has 1 aliphatic rings. The summed E-state index contributed by atoms with van der Waals surface area (Å²) in [5.74, 6) is 0.749. The van der Waals surface area contributed by atoms with Crippen LogP contribution in [0.15, 0.2) is 41.0 Å². The van der Waals surface area contributed by atoms with Gasteiger partial charge in [0.25, 0.3) is 0 Å².